The van der Waals surface area contributed by atoms with Crippen molar-refractivity contribution in [1.82, 2.24) is 15.2 Å². The molecule has 132 valence electrons. The van der Waals surface area contributed by atoms with Crippen LogP contribution in [-0.2, 0) is 4.79 Å². The molecule has 1 saturated heterocycles. The minimum Gasteiger partial charge on any atom is -0.354 e. The summed E-state index contributed by atoms with van der Waals surface area (Å²) in [7, 11) is 0. The second-order valence-electron chi connectivity index (χ2n) is 6.24. The van der Waals surface area contributed by atoms with Crippen molar-refractivity contribution in [3.63, 3.8) is 0 Å². The van der Waals surface area contributed by atoms with Crippen molar-refractivity contribution in [1.29, 1.82) is 0 Å². The zero-order valence-corrected chi connectivity index (χ0v) is 15.0. The first kappa shape index (κ1) is 16.7. The van der Waals surface area contributed by atoms with E-state index >= 15 is 0 Å². The molecule has 1 aliphatic rings. The maximum absolute atomic E-state index is 12.5. The van der Waals surface area contributed by atoms with E-state index in [1.165, 1.54) is 0 Å². The largest absolute Gasteiger partial charge is 0.354 e. The number of thiophene rings is 1. The Labute approximate surface area is 155 Å². The van der Waals surface area contributed by atoms with E-state index in [4.69, 9.17) is 0 Å². The predicted molar refractivity (Wildman–Crippen MR) is 103 cm³/mol. The van der Waals surface area contributed by atoms with Crippen LogP contribution in [0.25, 0.3) is 10.6 Å². The van der Waals surface area contributed by atoms with E-state index < -0.39 is 0 Å². The molecule has 1 unspecified atom stereocenters. The highest BCUT2D eigenvalue weighted by atomic mass is 32.1. The smallest absolute Gasteiger partial charge is 0.230 e. The Balaban J connectivity index is 1.42. The van der Waals surface area contributed by atoms with Crippen LogP contribution in [0.15, 0.2) is 54.0 Å². The molecule has 0 saturated carbocycles. The average Bonchev–Trinajstić information content (AvgIpc) is 3.24. The van der Waals surface area contributed by atoms with Crippen LogP contribution in [0.3, 0.4) is 0 Å². The second-order valence-corrected chi connectivity index (χ2v) is 7.19. The van der Waals surface area contributed by atoms with Crippen LogP contribution in [0.5, 0.6) is 0 Å². The molecule has 4 heterocycles. The van der Waals surface area contributed by atoms with Crippen molar-refractivity contribution in [2.75, 3.05) is 23.3 Å². The standard InChI is InChI=1S/C19H19N5OS/c25-19(21-17-7-1-2-10-20-17)14-5-3-11-24(13-14)18-9-8-15(22-23-18)16-6-4-12-26-16/h1-2,4,6-10,12,14H,3,5,11,13H2,(H,20,21,25). The molecule has 1 atom stereocenters. The summed E-state index contributed by atoms with van der Waals surface area (Å²) in [4.78, 5) is 19.9. The van der Waals surface area contributed by atoms with Gasteiger partial charge in [0.1, 0.15) is 11.5 Å². The van der Waals surface area contributed by atoms with Crippen molar-refractivity contribution in [3.05, 3.63) is 54.0 Å². The number of amides is 1. The highest BCUT2D eigenvalue weighted by Crippen LogP contribution is 2.25. The molecule has 26 heavy (non-hydrogen) atoms. The van der Waals surface area contributed by atoms with Gasteiger partial charge in [0.05, 0.1) is 10.8 Å². The summed E-state index contributed by atoms with van der Waals surface area (Å²) in [6.07, 6.45) is 3.50. The molecule has 0 bridgehead atoms. The summed E-state index contributed by atoms with van der Waals surface area (Å²) in [5.41, 5.74) is 0.880. The van der Waals surface area contributed by atoms with Gasteiger partial charge >= 0.3 is 0 Å². The summed E-state index contributed by atoms with van der Waals surface area (Å²) in [5.74, 6) is 1.34. The van der Waals surface area contributed by atoms with Crippen LogP contribution in [0.2, 0.25) is 0 Å². The van der Waals surface area contributed by atoms with E-state index in [-0.39, 0.29) is 11.8 Å². The zero-order valence-electron chi connectivity index (χ0n) is 14.2. The summed E-state index contributed by atoms with van der Waals surface area (Å²) in [6.45, 7) is 1.53. The van der Waals surface area contributed by atoms with Crippen LogP contribution in [0, 0.1) is 5.92 Å². The third-order valence-corrected chi connectivity index (χ3v) is 5.35. The Bertz CT molecular complexity index is 851. The minimum atomic E-state index is -0.0791. The molecular formula is C19H19N5OS. The van der Waals surface area contributed by atoms with Crippen molar-refractivity contribution >= 4 is 28.9 Å². The van der Waals surface area contributed by atoms with Gasteiger partial charge in [0.25, 0.3) is 0 Å². The normalized spacial score (nSPS) is 17.1. The fourth-order valence-electron chi connectivity index (χ4n) is 3.11. The maximum atomic E-state index is 12.5. The fraction of sp³-hybridized carbons (Fsp3) is 0.263. The molecule has 3 aromatic rings. The number of nitrogens with one attached hydrogen (secondary N) is 1. The first-order valence-electron chi connectivity index (χ1n) is 8.64. The SMILES string of the molecule is O=C(Nc1ccccn1)C1CCCN(c2ccc(-c3cccs3)nn2)C1. The molecule has 3 aromatic heterocycles. The lowest BCUT2D eigenvalue weighted by Gasteiger charge is -2.32. The summed E-state index contributed by atoms with van der Waals surface area (Å²) in [6, 6.07) is 13.5. The topological polar surface area (TPSA) is 71.0 Å². The van der Waals surface area contributed by atoms with Crippen LogP contribution in [0.4, 0.5) is 11.6 Å². The molecular weight excluding hydrogens is 346 g/mol. The molecule has 0 radical (unpaired) electrons. The molecule has 0 aliphatic carbocycles. The van der Waals surface area contributed by atoms with E-state index in [0.717, 1.165) is 35.8 Å². The molecule has 0 aromatic carbocycles. The molecule has 0 spiro atoms. The van der Waals surface area contributed by atoms with Crippen molar-refractivity contribution in [2.24, 2.45) is 5.92 Å². The van der Waals surface area contributed by atoms with E-state index in [9.17, 15) is 4.79 Å². The van der Waals surface area contributed by atoms with Crippen molar-refractivity contribution < 1.29 is 4.79 Å². The number of hydrogen-bond donors (Lipinski definition) is 1. The number of hydrogen-bond acceptors (Lipinski definition) is 6. The third-order valence-electron chi connectivity index (χ3n) is 4.46. The Morgan fingerprint density at radius 2 is 2.12 bits per heavy atom. The highest BCUT2D eigenvalue weighted by molar-refractivity contribution is 7.13. The summed E-state index contributed by atoms with van der Waals surface area (Å²) < 4.78 is 0. The summed E-state index contributed by atoms with van der Waals surface area (Å²) >= 11 is 1.65. The van der Waals surface area contributed by atoms with Gasteiger partial charge in [-0.1, -0.05) is 12.1 Å². The molecule has 1 aliphatic heterocycles. The second kappa shape index (κ2) is 7.61. The van der Waals surface area contributed by atoms with Gasteiger partial charge in [-0.3, -0.25) is 4.79 Å². The van der Waals surface area contributed by atoms with Gasteiger partial charge < -0.3 is 10.2 Å². The molecule has 4 rings (SSSR count). The van der Waals surface area contributed by atoms with Gasteiger partial charge in [-0.25, -0.2) is 4.98 Å². The van der Waals surface area contributed by atoms with Gasteiger partial charge in [0, 0.05) is 19.3 Å². The summed E-state index contributed by atoms with van der Waals surface area (Å²) in [5, 5.41) is 13.6. The van der Waals surface area contributed by atoms with Crippen LogP contribution in [-0.4, -0.2) is 34.2 Å². The van der Waals surface area contributed by atoms with E-state index in [1.54, 1.807) is 23.6 Å². The van der Waals surface area contributed by atoms with Crippen LogP contribution < -0.4 is 10.2 Å². The number of rotatable bonds is 4. The number of nitrogens with zero attached hydrogens (tertiary/aromatic N) is 4. The first-order chi connectivity index (χ1) is 12.8. The maximum Gasteiger partial charge on any atom is 0.230 e. The number of anilines is 2. The number of carbonyl (C=O) groups is 1. The van der Waals surface area contributed by atoms with E-state index in [2.05, 4.69) is 25.4 Å². The lowest BCUT2D eigenvalue weighted by molar-refractivity contribution is -0.120. The highest BCUT2D eigenvalue weighted by Gasteiger charge is 2.27. The molecule has 1 amide bonds. The molecule has 6 nitrogen and oxygen atoms in total. The van der Waals surface area contributed by atoms with Crippen molar-refractivity contribution in [3.8, 4) is 10.6 Å². The number of carbonyl (C=O) groups excluding carboxylic acids is 1. The van der Waals surface area contributed by atoms with E-state index in [1.807, 2.05) is 41.8 Å². The van der Waals surface area contributed by atoms with E-state index in [0.29, 0.717) is 12.4 Å². The average molecular weight is 365 g/mol. The lowest BCUT2D eigenvalue weighted by Crippen LogP contribution is -2.41. The lowest BCUT2D eigenvalue weighted by atomic mass is 9.97. The third kappa shape index (κ3) is 3.72. The Kier molecular flexibility index (Phi) is 4.88. The Hall–Kier alpha value is -2.80. The molecule has 1 fully saturated rings. The fourth-order valence-corrected chi connectivity index (χ4v) is 3.80. The van der Waals surface area contributed by atoms with Crippen LogP contribution in [0.1, 0.15) is 12.8 Å². The first-order valence-corrected chi connectivity index (χ1v) is 9.52. The zero-order chi connectivity index (χ0) is 17.8. The number of pyridine rings is 1. The molecule has 7 heteroatoms. The van der Waals surface area contributed by atoms with Gasteiger partial charge in [-0.05, 0) is 48.6 Å². The monoisotopic (exact) mass is 365 g/mol. The Morgan fingerprint density at radius 1 is 1.15 bits per heavy atom. The van der Waals surface area contributed by atoms with Gasteiger partial charge in [-0.15, -0.1) is 21.5 Å². The molecule has 1 N–H and O–H groups in total. The van der Waals surface area contributed by atoms with Crippen molar-refractivity contribution in [2.45, 2.75) is 12.8 Å². The van der Waals surface area contributed by atoms with Crippen LogP contribution >= 0.6 is 11.3 Å². The van der Waals surface area contributed by atoms with Gasteiger partial charge in [-0.2, -0.15) is 0 Å². The predicted octanol–water partition coefficient (Wildman–Crippen LogP) is 3.46. The number of aromatic nitrogens is 3. The number of piperidine rings is 1. The van der Waals surface area contributed by atoms with Gasteiger partial charge in [0.2, 0.25) is 5.91 Å². The Morgan fingerprint density at radius 3 is 2.85 bits per heavy atom. The minimum absolute atomic E-state index is 0.0107. The van der Waals surface area contributed by atoms with Gasteiger partial charge in [0.15, 0.2) is 5.82 Å². The quantitative estimate of drug-likeness (QED) is 0.767.